The highest BCUT2D eigenvalue weighted by atomic mass is 19.1. The average Bonchev–Trinajstić information content (AvgIpc) is 2.55. The van der Waals surface area contributed by atoms with Crippen LogP contribution in [0.25, 0.3) is 11.5 Å². The largest absolute Gasteiger partial charge is 0.507 e. The Morgan fingerprint density at radius 1 is 0.667 bits per heavy atom. The fourth-order valence-electron chi connectivity index (χ4n) is 1.80. The number of carbonyl (C=O) groups is 2. The predicted octanol–water partition coefficient (Wildman–Crippen LogP) is 3.60. The first-order valence-electron chi connectivity index (χ1n) is 6.78. The number of ketones is 2. The van der Waals surface area contributed by atoms with Gasteiger partial charge in [0.2, 0.25) is 11.6 Å². The quantitative estimate of drug-likeness (QED) is 0.499. The molecule has 0 radical (unpaired) electrons. The molecule has 0 spiro atoms. The van der Waals surface area contributed by atoms with Gasteiger partial charge in [-0.2, -0.15) is 0 Å². The number of aliphatic hydroxyl groups is 2. The molecule has 0 heterocycles. The Morgan fingerprint density at radius 3 is 1.25 bits per heavy atom. The fourth-order valence-corrected chi connectivity index (χ4v) is 1.80. The molecule has 0 unspecified atom stereocenters. The molecule has 0 amide bonds. The number of hydrogen-bond acceptors (Lipinski definition) is 4. The molecule has 24 heavy (non-hydrogen) atoms. The van der Waals surface area contributed by atoms with Crippen molar-refractivity contribution in [2.24, 2.45) is 0 Å². The van der Waals surface area contributed by atoms with Gasteiger partial charge in [0.25, 0.3) is 0 Å². The molecule has 0 saturated heterocycles. The van der Waals surface area contributed by atoms with Crippen molar-refractivity contribution >= 4 is 23.1 Å². The minimum Gasteiger partial charge on any atom is -0.507 e. The monoisotopic (exact) mass is 330 g/mol. The summed E-state index contributed by atoms with van der Waals surface area (Å²) in [6, 6.07) is 9.32. The van der Waals surface area contributed by atoms with E-state index in [9.17, 15) is 28.6 Å². The Labute approximate surface area is 136 Å². The van der Waals surface area contributed by atoms with E-state index in [-0.39, 0.29) is 11.1 Å². The second-order valence-corrected chi connectivity index (χ2v) is 4.80. The number of benzene rings is 2. The van der Waals surface area contributed by atoms with Crippen LogP contribution in [0.15, 0.2) is 60.7 Å². The lowest BCUT2D eigenvalue weighted by molar-refractivity contribution is -0.130. The van der Waals surface area contributed by atoms with Crippen molar-refractivity contribution < 1.29 is 28.6 Å². The lowest BCUT2D eigenvalue weighted by Crippen LogP contribution is -2.09. The van der Waals surface area contributed by atoms with Gasteiger partial charge in [0, 0.05) is 23.3 Å². The molecule has 0 aliphatic carbocycles. The highest BCUT2D eigenvalue weighted by Crippen LogP contribution is 2.14. The van der Waals surface area contributed by atoms with Crippen LogP contribution in [0.2, 0.25) is 0 Å². The molecule has 4 nitrogen and oxygen atoms in total. The predicted molar refractivity (Wildman–Crippen MR) is 84.0 cm³/mol. The van der Waals surface area contributed by atoms with Crippen LogP contribution < -0.4 is 0 Å². The number of allylic oxidation sites excluding steroid dienone is 2. The molecule has 0 saturated carbocycles. The summed E-state index contributed by atoms with van der Waals surface area (Å²) in [5.41, 5.74) is 0.313. The average molecular weight is 330 g/mol. The van der Waals surface area contributed by atoms with Gasteiger partial charge in [-0.3, -0.25) is 9.59 Å². The van der Waals surface area contributed by atoms with Gasteiger partial charge >= 0.3 is 0 Å². The third-order valence-corrected chi connectivity index (χ3v) is 3.06. The molecule has 0 aliphatic heterocycles. The molecule has 2 N–H and O–H groups in total. The molecule has 6 heteroatoms. The van der Waals surface area contributed by atoms with E-state index in [2.05, 4.69) is 0 Å². The smallest absolute Gasteiger partial charge is 0.229 e. The SMILES string of the molecule is O=C(C=C(O)c1ccc(F)cc1)C(=O)C=C(O)c1ccc(F)cc1. The van der Waals surface area contributed by atoms with Crippen LogP contribution in [0.4, 0.5) is 8.78 Å². The maximum Gasteiger partial charge on any atom is 0.229 e. The Morgan fingerprint density at radius 2 is 0.958 bits per heavy atom. The topological polar surface area (TPSA) is 74.6 Å². The number of halogens is 2. The van der Waals surface area contributed by atoms with Gasteiger partial charge in [-0.05, 0) is 48.5 Å². The van der Waals surface area contributed by atoms with Crippen molar-refractivity contribution in [1.29, 1.82) is 0 Å². The first-order valence-corrected chi connectivity index (χ1v) is 6.78. The molecule has 0 aliphatic rings. The summed E-state index contributed by atoms with van der Waals surface area (Å²) in [5.74, 6) is -4.20. The Hall–Kier alpha value is -3.28. The maximum atomic E-state index is 12.8. The molecule has 0 fully saturated rings. The van der Waals surface area contributed by atoms with Crippen molar-refractivity contribution in [2.75, 3.05) is 0 Å². The van der Waals surface area contributed by atoms with E-state index in [1.54, 1.807) is 0 Å². The van der Waals surface area contributed by atoms with Gasteiger partial charge in [-0.1, -0.05) is 0 Å². The van der Waals surface area contributed by atoms with Crippen LogP contribution in [-0.4, -0.2) is 21.8 Å². The standard InChI is InChI=1S/C18H12F2O4/c19-13-5-1-11(2-6-13)15(21)9-17(23)18(24)10-16(22)12-3-7-14(20)8-4-12/h1-10,21-22H. The van der Waals surface area contributed by atoms with Crippen molar-refractivity contribution in [1.82, 2.24) is 0 Å². The lowest BCUT2D eigenvalue weighted by atomic mass is 10.1. The molecule has 2 aromatic rings. The van der Waals surface area contributed by atoms with Crippen LogP contribution in [0.3, 0.4) is 0 Å². The number of rotatable bonds is 5. The van der Waals surface area contributed by atoms with Crippen LogP contribution in [0.5, 0.6) is 0 Å². The van der Waals surface area contributed by atoms with E-state index < -0.39 is 34.7 Å². The Kier molecular flexibility index (Phi) is 5.21. The number of aliphatic hydroxyl groups excluding tert-OH is 2. The van der Waals surface area contributed by atoms with Crippen LogP contribution in [0.1, 0.15) is 11.1 Å². The minimum absolute atomic E-state index is 0.157. The zero-order valence-corrected chi connectivity index (χ0v) is 12.2. The summed E-state index contributed by atoms with van der Waals surface area (Å²) < 4.78 is 25.6. The normalized spacial score (nSPS) is 12.1. The summed E-state index contributed by atoms with van der Waals surface area (Å²) >= 11 is 0. The third-order valence-electron chi connectivity index (χ3n) is 3.06. The minimum atomic E-state index is -1.08. The molecule has 122 valence electrons. The highest BCUT2D eigenvalue weighted by molar-refractivity contribution is 6.47. The second kappa shape index (κ2) is 7.32. The zero-order valence-electron chi connectivity index (χ0n) is 12.2. The van der Waals surface area contributed by atoms with Gasteiger partial charge < -0.3 is 10.2 Å². The van der Waals surface area contributed by atoms with Crippen molar-refractivity contribution in [2.45, 2.75) is 0 Å². The second-order valence-electron chi connectivity index (χ2n) is 4.80. The van der Waals surface area contributed by atoms with Gasteiger partial charge in [-0.15, -0.1) is 0 Å². The molecule has 2 aromatic carbocycles. The highest BCUT2D eigenvalue weighted by Gasteiger charge is 2.13. The molecule has 0 aromatic heterocycles. The summed E-state index contributed by atoms with van der Waals surface area (Å²) in [4.78, 5) is 23.5. The lowest BCUT2D eigenvalue weighted by Gasteiger charge is -2.00. The summed E-state index contributed by atoms with van der Waals surface area (Å²) in [7, 11) is 0. The van der Waals surface area contributed by atoms with Crippen LogP contribution in [-0.2, 0) is 9.59 Å². The van der Waals surface area contributed by atoms with Crippen LogP contribution >= 0.6 is 0 Å². The number of carbonyl (C=O) groups excluding carboxylic acids is 2. The maximum absolute atomic E-state index is 12.8. The van der Waals surface area contributed by atoms with E-state index in [4.69, 9.17) is 0 Å². The fraction of sp³-hybridized carbons (Fsp3) is 0. The van der Waals surface area contributed by atoms with Crippen LogP contribution in [0, 0.1) is 11.6 Å². The Bertz CT molecular complexity index is 748. The van der Waals surface area contributed by atoms with Gasteiger partial charge in [0.05, 0.1) is 0 Å². The molecular formula is C18H12F2O4. The number of hydrogen-bond donors (Lipinski definition) is 2. The molecular weight excluding hydrogens is 318 g/mol. The van der Waals surface area contributed by atoms with E-state index in [0.29, 0.717) is 12.2 Å². The van der Waals surface area contributed by atoms with E-state index in [0.717, 1.165) is 24.3 Å². The molecule has 0 bridgehead atoms. The first-order chi connectivity index (χ1) is 11.4. The van der Waals surface area contributed by atoms with Gasteiger partial charge in [0.1, 0.15) is 23.2 Å². The van der Waals surface area contributed by atoms with Crippen molar-refractivity contribution in [3.63, 3.8) is 0 Å². The summed E-state index contributed by atoms with van der Waals surface area (Å²) in [5, 5.41) is 19.5. The molecule has 2 rings (SSSR count). The van der Waals surface area contributed by atoms with E-state index in [1.807, 2.05) is 0 Å². The summed E-state index contributed by atoms with van der Waals surface area (Å²) in [6.07, 6.45) is 1.34. The first kappa shape index (κ1) is 17.1. The van der Waals surface area contributed by atoms with Gasteiger partial charge in [0.15, 0.2) is 0 Å². The molecule has 0 atom stereocenters. The summed E-state index contributed by atoms with van der Waals surface area (Å²) in [6.45, 7) is 0. The van der Waals surface area contributed by atoms with E-state index in [1.165, 1.54) is 24.3 Å². The van der Waals surface area contributed by atoms with Crippen molar-refractivity contribution in [3.05, 3.63) is 83.4 Å². The van der Waals surface area contributed by atoms with Gasteiger partial charge in [-0.25, -0.2) is 8.78 Å². The zero-order chi connectivity index (χ0) is 17.7. The van der Waals surface area contributed by atoms with Crippen molar-refractivity contribution in [3.8, 4) is 0 Å². The van der Waals surface area contributed by atoms with E-state index >= 15 is 0 Å². The third kappa shape index (κ3) is 4.36. The Balaban J connectivity index is 2.15.